The lowest BCUT2D eigenvalue weighted by Gasteiger charge is -2.13. The number of benzene rings is 1. The molecule has 1 aromatic carbocycles. The molecule has 0 saturated carbocycles. The van der Waals surface area contributed by atoms with Crippen LogP contribution in [-0.2, 0) is 16.2 Å². The van der Waals surface area contributed by atoms with E-state index >= 15 is 0 Å². The van der Waals surface area contributed by atoms with Gasteiger partial charge in [-0.2, -0.15) is 23.0 Å². The van der Waals surface area contributed by atoms with Gasteiger partial charge in [0.05, 0.1) is 34.4 Å². The van der Waals surface area contributed by atoms with Crippen LogP contribution in [0.15, 0.2) is 29.2 Å². The number of hydrogen-bond acceptors (Lipinski definition) is 4. The minimum atomic E-state index is -4.70. The first kappa shape index (κ1) is 18.3. The Hall–Kier alpha value is -2.07. The molecule has 11 heteroatoms. The molecule has 0 unspecified atom stereocenters. The quantitative estimate of drug-likeness (QED) is 0.886. The second-order valence-corrected chi connectivity index (χ2v) is 7.09. The molecule has 130 valence electrons. The number of anilines is 1. The van der Waals surface area contributed by atoms with Gasteiger partial charge in [0.1, 0.15) is 0 Å². The number of sulfonamides is 1. The van der Waals surface area contributed by atoms with Gasteiger partial charge in [-0.1, -0.05) is 11.6 Å². The van der Waals surface area contributed by atoms with Crippen molar-refractivity contribution in [2.24, 2.45) is 0 Å². The van der Waals surface area contributed by atoms with Crippen LogP contribution in [0.2, 0.25) is 5.02 Å². The number of nitrogens with one attached hydrogen (secondary N) is 1. The molecule has 0 fully saturated rings. The number of nitrogens with zero attached hydrogens (tertiary/aromatic N) is 2. The van der Waals surface area contributed by atoms with Crippen LogP contribution in [0.3, 0.4) is 0 Å². The summed E-state index contributed by atoms with van der Waals surface area (Å²) in [7, 11) is -3.63. The van der Waals surface area contributed by atoms with Crippen molar-refractivity contribution in [3.63, 3.8) is 0 Å². The van der Waals surface area contributed by atoms with Crippen molar-refractivity contribution in [2.45, 2.75) is 13.1 Å². The van der Waals surface area contributed by atoms with Gasteiger partial charge in [-0.05, 0) is 25.1 Å². The van der Waals surface area contributed by atoms with Crippen LogP contribution in [0.25, 0.3) is 5.69 Å². The molecule has 2 aromatic rings. The summed E-state index contributed by atoms with van der Waals surface area (Å²) in [4.78, 5) is 12.1. The van der Waals surface area contributed by atoms with E-state index in [4.69, 9.17) is 11.6 Å². The highest BCUT2D eigenvalue weighted by molar-refractivity contribution is 7.92. The van der Waals surface area contributed by atoms with E-state index in [1.807, 2.05) is 0 Å². The summed E-state index contributed by atoms with van der Waals surface area (Å²) in [5, 5.41) is 3.56. The fourth-order valence-corrected chi connectivity index (χ4v) is 2.72. The molecular weight excluding hydrogens is 371 g/mol. The Morgan fingerprint density at radius 1 is 1.29 bits per heavy atom. The summed E-state index contributed by atoms with van der Waals surface area (Å²) in [5.74, 6) is 0. The summed E-state index contributed by atoms with van der Waals surface area (Å²) in [6.07, 6.45) is -3.25. The first-order chi connectivity index (χ1) is 10.9. The average Bonchev–Trinajstić information content (AvgIpc) is 2.41. The lowest BCUT2D eigenvalue weighted by molar-refractivity contribution is -0.138. The summed E-state index contributed by atoms with van der Waals surface area (Å²) in [6, 6.07) is 3.83. The monoisotopic (exact) mass is 381 g/mol. The molecule has 0 aliphatic carbocycles. The van der Waals surface area contributed by atoms with Gasteiger partial charge in [0.2, 0.25) is 10.0 Å². The maximum absolute atomic E-state index is 12.8. The predicted molar refractivity (Wildman–Crippen MR) is 83.0 cm³/mol. The minimum Gasteiger partial charge on any atom is -0.282 e. The van der Waals surface area contributed by atoms with E-state index in [0.717, 1.165) is 17.9 Å². The third-order valence-corrected chi connectivity index (χ3v) is 3.94. The molecule has 0 amide bonds. The van der Waals surface area contributed by atoms with Crippen molar-refractivity contribution in [3.05, 3.63) is 50.9 Å². The highest BCUT2D eigenvalue weighted by Crippen LogP contribution is 2.30. The first-order valence-corrected chi connectivity index (χ1v) is 8.61. The van der Waals surface area contributed by atoms with Crippen LogP contribution < -0.4 is 10.3 Å². The third-order valence-electron chi connectivity index (χ3n) is 3.01. The van der Waals surface area contributed by atoms with E-state index in [9.17, 15) is 26.4 Å². The van der Waals surface area contributed by atoms with Gasteiger partial charge >= 0.3 is 6.18 Å². The number of rotatable bonds is 3. The van der Waals surface area contributed by atoms with Gasteiger partial charge in [0.25, 0.3) is 5.56 Å². The highest BCUT2D eigenvalue weighted by Gasteiger charge is 2.34. The molecular formula is C13H11ClF3N3O3S. The van der Waals surface area contributed by atoms with E-state index in [0.29, 0.717) is 6.20 Å². The van der Waals surface area contributed by atoms with Crippen molar-refractivity contribution in [1.82, 2.24) is 9.78 Å². The van der Waals surface area contributed by atoms with Crippen LogP contribution in [0, 0.1) is 6.92 Å². The van der Waals surface area contributed by atoms with Crippen molar-refractivity contribution in [3.8, 4) is 5.69 Å². The molecule has 2 rings (SSSR count). The molecule has 0 radical (unpaired) electrons. The van der Waals surface area contributed by atoms with Crippen LogP contribution >= 0.6 is 11.6 Å². The lowest BCUT2D eigenvalue weighted by Crippen LogP contribution is -2.27. The maximum Gasteiger partial charge on any atom is 0.418 e. The Bertz CT molecular complexity index is 955. The van der Waals surface area contributed by atoms with E-state index in [1.165, 1.54) is 18.2 Å². The summed E-state index contributed by atoms with van der Waals surface area (Å²) >= 11 is 5.86. The normalized spacial score (nSPS) is 12.2. The second-order valence-electron chi connectivity index (χ2n) is 4.94. The predicted octanol–water partition coefficient (Wildman–Crippen LogP) is 2.58. The molecule has 1 N–H and O–H groups in total. The maximum atomic E-state index is 12.8. The standard InChI is InChI=1S/C13H11ClF3N3O3S/c1-7-9(13(15,16)17)6-18-20(12(7)21)8-3-4-10(14)11(5-8)19-24(2,22)23/h3-6,19H,1-2H3. The molecule has 1 heterocycles. The Morgan fingerprint density at radius 3 is 2.46 bits per heavy atom. The van der Waals surface area contributed by atoms with E-state index < -0.39 is 32.9 Å². The van der Waals surface area contributed by atoms with Crippen LogP contribution in [-0.4, -0.2) is 24.5 Å². The first-order valence-electron chi connectivity index (χ1n) is 6.34. The molecule has 0 spiro atoms. The number of alkyl halides is 3. The Kier molecular flexibility index (Phi) is 4.64. The third kappa shape index (κ3) is 3.88. The number of aromatic nitrogens is 2. The van der Waals surface area contributed by atoms with Gasteiger partial charge in [-0.15, -0.1) is 0 Å². The molecule has 24 heavy (non-hydrogen) atoms. The van der Waals surface area contributed by atoms with Crippen molar-refractivity contribution in [2.75, 3.05) is 11.0 Å². The zero-order chi connectivity index (χ0) is 18.3. The topological polar surface area (TPSA) is 81.1 Å². The summed E-state index contributed by atoms with van der Waals surface area (Å²) in [5.41, 5.74) is -2.59. The Morgan fingerprint density at radius 2 is 1.92 bits per heavy atom. The number of halogens is 4. The highest BCUT2D eigenvalue weighted by atomic mass is 35.5. The van der Waals surface area contributed by atoms with E-state index in [-0.39, 0.29) is 16.4 Å². The van der Waals surface area contributed by atoms with Crippen molar-refractivity contribution in [1.29, 1.82) is 0 Å². The van der Waals surface area contributed by atoms with Gasteiger partial charge in [-0.3, -0.25) is 9.52 Å². The van der Waals surface area contributed by atoms with Crippen LogP contribution in [0.1, 0.15) is 11.1 Å². The summed E-state index contributed by atoms with van der Waals surface area (Å²) < 4.78 is 63.8. The second kappa shape index (κ2) is 6.10. The number of hydrogen-bond donors (Lipinski definition) is 1. The van der Waals surface area contributed by atoms with Crippen molar-refractivity contribution < 1.29 is 21.6 Å². The molecule has 0 aliphatic heterocycles. The van der Waals surface area contributed by atoms with Gasteiger partial charge in [-0.25, -0.2) is 8.42 Å². The van der Waals surface area contributed by atoms with Crippen LogP contribution in [0.4, 0.5) is 18.9 Å². The SMILES string of the molecule is Cc1c(C(F)(F)F)cnn(-c2ccc(Cl)c(NS(C)(=O)=O)c2)c1=O. The molecule has 0 aliphatic rings. The average molecular weight is 382 g/mol. The zero-order valence-corrected chi connectivity index (χ0v) is 13.9. The van der Waals surface area contributed by atoms with Gasteiger partial charge in [0, 0.05) is 5.56 Å². The zero-order valence-electron chi connectivity index (χ0n) is 12.3. The Labute approximate surface area is 139 Å². The van der Waals surface area contributed by atoms with Crippen molar-refractivity contribution >= 4 is 27.3 Å². The van der Waals surface area contributed by atoms with Crippen LogP contribution in [0.5, 0.6) is 0 Å². The molecule has 1 aromatic heterocycles. The van der Waals surface area contributed by atoms with E-state index in [2.05, 4.69) is 9.82 Å². The molecule has 6 nitrogen and oxygen atoms in total. The van der Waals surface area contributed by atoms with E-state index in [1.54, 1.807) is 0 Å². The summed E-state index contributed by atoms with van der Waals surface area (Å²) in [6.45, 7) is 1.04. The fraction of sp³-hybridized carbons (Fsp3) is 0.231. The smallest absolute Gasteiger partial charge is 0.282 e. The van der Waals surface area contributed by atoms with Gasteiger partial charge < -0.3 is 0 Å². The fourth-order valence-electron chi connectivity index (χ4n) is 1.93. The van der Waals surface area contributed by atoms with Gasteiger partial charge in [0.15, 0.2) is 0 Å². The molecule has 0 atom stereocenters. The molecule has 0 saturated heterocycles. The lowest BCUT2D eigenvalue weighted by atomic mass is 10.2. The minimum absolute atomic E-state index is 0.0251. The Balaban J connectivity index is 2.60. The molecule has 0 bridgehead atoms. The largest absolute Gasteiger partial charge is 0.418 e.